The lowest BCUT2D eigenvalue weighted by atomic mass is 10.1. The summed E-state index contributed by atoms with van der Waals surface area (Å²) >= 11 is 0. The van der Waals surface area contributed by atoms with Crippen molar-refractivity contribution in [2.45, 2.75) is 13.0 Å². The van der Waals surface area contributed by atoms with Crippen LogP contribution in [0.1, 0.15) is 18.5 Å². The molecule has 0 N–H and O–H groups in total. The van der Waals surface area contributed by atoms with E-state index in [1.54, 1.807) is 6.92 Å². The molecule has 0 saturated heterocycles. The van der Waals surface area contributed by atoms with Crippen LogP contribution in [0.5, 0.6) is 0 Å². The van der Waals surface area contributed by atoms with Crippen LogP contribution in [0, 0.1) is 0 Å². The van der Waals surface area contributed by atoms with Crippen LogP contribution in [0.3, 0.4) is 0 Å². The van der Waals surface area contributed by atoms with E-state index in [-0.39, 0.29) is 24.4 Å². The van der Waals surface area contributed by atoms with E-state index < -0.39 is 0 Å². The maximum atomic E-state index is 11.4. The first-order chi connectivity index (χ1) is 8.02. The van der Waals surface area contributed by atoms with E-state index in [1.165, 1.54) is 0 Å². The molecule has 0 aromatic heterocycles. The highest BCUT2D eigenvalue weighted by Gasteiger charge is 2.16. The van der Waals surface area contributed by atoms with Crippen molar-refractivity contribution in [3.05, 3.63) is 48.0 Å². The third-order valence-corrected chi connectivity index (χ3v) is 2.53. The zero-order valence-electron chi connectivity index (χ0n) is 11.1. The van der Waals surface area contributed by atoms with Crippen molar-refractivity contribution in [2.24, 2.45) is 0 Å². The maximum Gasteiger partial charge on any atom is 0.333 e. The Morgan fingerprint density at radius 2 is 1.89 bits per heavy atom. The number of benzene rings is 1. The number of hydrogen-bond donors (Lipinski definition) is 0. The zero-order valence-corrected chi connectivity index (χ0v) is 11.9. The van der Waals surface area contributed by atoms with E-state index >= 15 is 0 Å². The van der Waals surface area contributed by atoms with Gasteiger partial charge in [0.05, 0.1) is 6.04 Å². The molecule has 1 aromatic rings. The van der Waals surface area contributed by atoms with Gasteiger partial charge in [-0.15, -0.1) is 12.4 Å². The van der Waals surface area contributed by atoms with Gasteiger partial charge in [-0.05, 0) is 26.6 Å². The third-order valence-electron chi connectivity index (χ3n) is 2.53. The molecular weight excluding hydrogens is 250 g/mol. The average molecular weight is 270 g/mol. The molecule has 0 amide bonds. The Bertz CT molecular complexity index is 390. The number of halogens is 1. The van der Waals surface area contributed by atoms with Crippen molar-refractivity contribution in [3.8, 4) is 0 Å². The topological polar surface area (TPSA) is 29.5 Å². The number of likely N-dealkylation sites (N-methyl/N-ethyl adjacent to an activating group) is 1. The van der Waals surface area contributed by atoms with Crippen molar-refractivity contribution in [3.63, 3.8) is 0 Å². The Hall–Kier alpha value is -1.32. The molecule has 0 aliphatic heterocycles. The first-order valence-electron chi connectivity index (χ1n) is 5.56. The van der Waals surface area contributed by atoms with E-state index in [0.717, 1.165) is 5.56 Å². The van der Waals surface area contributed by atoms with Gasteiger partial charge in [-0.2, -0.15) is 0 Å². The molecule has 0 heterocycles. The fourth-order valence-corrected chi connectivity index (χ4v) is 1.50. The van der Waals surface area contributed by atoms with Gasteiger partial charge in [-0.1, -0.05) is 36.9 Å². The van der Waals surface area contributed by atoms with Crippen molar-refractivity contribution in [2.75, 3.05) is 20.7 Å². The minimum absolute atomic E-state index is 0. The van der Waals surface area contributed by atoms with Gasteiger partial charge in [0.1, 0.15) is 6.61 Å². The molecule has 18 heavy (non-hydrogen) atoms. The number of hydrogen-bond acceptors (Lipinski definition) is 3. The lowest BCUT2D eigenvalue weighted by molar-refractivity contribution is -0.140. The number of carbonyl (C=O) groups excluding carboxylic acids is 1. The van der Waals surface area contributed by atoms with Crippen molar-refractivity contribution in [1.29, 1.82) is 0 Å². The van der Waals surface area contributed by atoms with Gasteiger partial charge in [0.2, 0.25) is 0 Å². The number of rotatable bonds is 5. The van der Waals surface area contributed by atoms with Crippen LogP contribution in [0.4, 0.5) is 0 Å². The number of nitrogens with zero attached hydrogens (tertiary/aromatic N) is 1. The second-order valence-electron chi connectivity index (χ2n) is 4.27. The highest BCUT2D eigenvalue weighted by atomic mass is 35.5. The van der Waals surface area contributed by atoms with Gasteiger partial charge in [0, 0.05) is 5.57 Å². The second kappa shape index (κ2) is 7.90. The summed E-state index contributed by atoms with van der Waals surface area (Å²) < 4.78 is 5.20. The summed E-state index contributed by atoms with van der Waals surface area (Å²) in [5.41, 5.74) is 1.56. The summed E-state index contributed by atoms with van der Waals surface area (Å²) in [6.45, 7) is 5.55. The quantitative estimate of drug-likeness (QED) is 0.608. The Morgan fingerprint density at radius 3 is 2.33 bits per heavy atom. The van der Waals surface area contributed by atoms with E-state index in [1.807, 2.05) is 49.3 Å². The van der Waals surface area contributed by atoms with E-state index in [9.17, 15) is 4.79 Å². The van der Waals surface area contributed by atoms with Crippen LogP contribution in [0.15, 0.2) is 42.5 Å². The van der Waals surface area contributed by atoms with E-state index in [2.05, 4.69) is 6.58 Å². The molecule has 0 saturated carbocycles. The maximum absolute atomic E-state index is 11.4. The molecule has 4 heteroatoms. The van der Waals surface area contributed by atoms with Gasteiger partial charge in [-0.25, -0.2) is 4.79 Å². The summed E-state index contributed by atoms with van der Waals surface area (Å²) in [5.74, 6) is -0.340. The monoisotopic (exact) mass is 269 g/mol. The van der Waals surface area contributed by atoms with Crippen LogP contribution >= 0.6 is 12.4 Å². The SMILES string of the molecule is C=C(C)C(=O)OCC(c1ccccc1)N(C)C.Cl. The zero-order chi connectivity index (χ0) is 12.8. The van der Waals surface area contributed by atoms with Gasteiger partial charge in [0.15, 0.2) is 0 Å². The highest BCUT2D eigenvalue weighted by Crippen LogP contribution is 2.18. The summed E-state index contributed by atoms with van der Waals surface area (Å²) in [6.07, 6.45) is 0. The molecule has 0 bridgehead atoms. The molecule has 0 aliphatic carbocycles. The minimum atomic E-state index is -0.340. The van der Waals surface area contributed by atoms with Crippen LogP contribution in [-0.4, -0.2) is 31.6 Å². The standard InChI is InChI=1S/C14H19NO2.ClH/c1-11(2)14(16)17-10-13(15(3)4)12-8-6-5-7-9-12;/h5-9,13H,1,10H2,2-4H3;1H. The summed E-state index contributed by atoms with van der Waals surface area (Å²) in [6, 6.07) is 10.0. The van der Waals surface area contributed by atoms with Crippen LogP contribution < -0.4 is 0 Å². The first kappa shape index (κ1) is 16.7. The van der Waals surface area contributed by atoms with Gasteiger partial charge < -0.3 is 4.74 Å². The van der Waals surface area contributed by atoms with Crippen LogP contribution in [0.2, 0.25) is 0 Å². The smallest absolute Gasteiger partial charge is 0.333 e. The number of esters is 1. The molecule has 100 valence electrons. The average Bonchev–Trinajstić information content (AvgIpc) is 2.29. The normalized spacial score (nSPS) is 11.6. The van der Waals surface area contributed by atoms with Crippen molar-refractivity contribution >= 4 is 18.4 Å². The number of carbonyl (C=O) groups is 1. The lowest BCUT2D eigenvalue weighted by Gasteiger charge is -2.24. The van der Waals surface area contributed by atoms with Gasteiger partial charge in [-0.3, -0.25) is 4.90 Å². The Balaban J connectivity index is 0.00000289. The predicted molar refractivity (Wildman–Crippen MR) is 75.9 cm³/mol. The first-order valence-corrected chi connectivity index (χ1v) is 5.56. The summed E-state index contributed by atoms with van der Waals surface area (Å²) in [4.78, 5) is 13.4. The lowest BCUT2D eigenvalue weighted by Crippen LogP contribution is -2.26. The summed E-state index contributed by atoms with van der Waals surface area (Å²) in [5, 5.41) is 0. The van der Waals surface area contributed by atoms with E-state index in [4.69, 9.17) is 4.74 Å². The molecule has 0 aliphatic rings. The third kappa shape index (κ3) is 4.90. The molecule has 1 atom stereocenters. The predicted octanol–water partition coefficient (Wildman–Crippen LogP) is 2.83. The van der Waals surface area contributed by atoms with Crippen LogP contribution in [0.25, 0.3) is 0 Å². The molecule has 3 nitrogen and oxygen atoms in total. The van der Waals surface area contributed by atoms with Crippen molar-refractivity contribution in [1.82, 2.24) is 4.90 Å². The van der Waals surface area contributed by atoms with Gasteiger partial charge >= 0.3 is 5.97 Å². The fraction of sp³-hybridized carbons (Fsp3) is 0.357. The highest BCUT2D eigenvalue weighted by molar-refractivity contribution is 5.86. The Kier molecular flexibility index (Phi) is 7.32. The molecular formula is C14H20ClNO2. The molecule has 1 rings (SSSR count). The molecule has 1 aromatic carbocycles. The molecule has 0 spiro atoms. The molecule has 0 fully saturated rings. The number of ether oxygens (including phenoxy) is 1. The van der Waals surface area contributed by atoms with E-state index in [0.29, 0.717) is 12.2 Å². The molecule has 0 radical (unpaired) electrons. The fourth-order valence-electron chi connectivity index (χ4n) is 1.50. The Morgan fingerprint density at radius 1 is 1.33 bits per heavy atom. The van der Waals surface area contributed by atoms with Crippen LogP contribution in [-0.2, 0) is 9.53 Å². The van der Waals surface area contributed by atoms with Crippen molar-refractivity contribution < 1.29 is 9.53 Å². The molecule has 1 unspecified atom stereocenters. The minimum Gasteiger partial charge on any atom is -0.460 e. The van der Waals surface area contributed by atoms with Gasteiger partial charge in [0.25, 0.3) is 0 Å². The largest absolute Gasteiger partial charge is 0.460 e. The Labute approximate surface area is 115 Å². The summed E-state index contributed by atoms with van der Waals surface area (Å²) in [7, 11) is 3.93. The second-order valence-corrected chi connectivity index (χ2v) is 4.27.